The first-order valence-electron chi connectivity index (χ1n) is 8.02. The van der Waals surface area contributed by atoms with Crippen LogP contribution in [-0.2, 0) is 5.75 Å². The molecule has 0 heterocycles. The maximum Gasteiger partial charge on any atom is 0.0922 e. The predicted octanol–water partition coefficient (Wildman–Crippen LogP) is 5.08. The minimum Gasteiger partial charge on any atom is -0.402 e. The molecule has 0 saturated carbocycles. The van der Waals surface area contributed by atoms with Gasteiger partial charge in [-0.15, -0.1) is 11.8 Å². The van der Waals surface area contributed by atoms with Crippen molar-refractivity contribution in [1.82, 2.24) is 0 Å². The third-order valence-corrected chi connectivity index (χ3v) is 5.38. The molecule has 0 aliphatic heterocycles. The Morgan fingerprint density at radius 1 is 1.04 bits per heavy atom. The smallest absolute Gasteiger partial charge is 0.0922 e. The second kappa shape index (κ2) is 7.51. The number of nitrogens with two attached hydrogens (primary N) is 1. The molecule has 3 rings (SSSR count). The van der Waals surface area contributed by atoms with Gasteiger partial charge in [0.15, 0.2) is 0 Å². The highest BCUT2D eigenvalue weighted by atomic mass is 32.2. The van der Waals surface area contributed by atoms with Gasteiger partial charge >= 0.3 is 0 Å². The Morgan fingerprint density at radius 3 is 2.35 bits per heavy atom. The normalized spacial score (nSPS) is 18.0. The molecule has 0 aromatic heterocycles. The lowest BCUT2D eigenvalue weighted by atomic mass is 9.83. The molecule has 0 radical (unpaired) electrons. The summed E-state index contributed by atoms with van der Waals surface area (Å²) in [6.07, 6.45) is 2.86. The average Bonchev–Trinajstić information content (AvgIpc) is 2.61. The highest BCUT2D eigenvalue weighted by Crippen LogP contribution is 2.36. The van der Waals surface area contributed by atoms with E-state index in [1.54, 1.807) is 11.8 Å². The predicted molar refractivity (Wildman–Crippen MR) is 99.7 cm³/mol. The molecule has 1 aliphatic carbocycles. The lowest BCUT2D eigenvalue weighted by Gasteiger charge is -2.26. The molecule has 2 nitrogen and oxygen atoms in total. The summed E-state index contributed by atoms with van der Waals surface area (Å²) < 4.78 is 0. The van der Waals surface area contributed by atoms with E-state index < -0.39 is 0 Å². The summed E-state index contributed by atoms with van der Waals surface area (Å²) in [6.45, 7) is 0. The third-order valence-electron chi connectivity index (χ3n) is 4.37. The van der Waals surface area contributed by atoms with E-state index in [2.05, 4.69) is 36.4 Å². The highest BCUT2D eigenvalue weighted by molar-refractivity contribution is 8.13. The molecule has 0 bridgehead atoms. The van der Waals surface area contributed by atoms with E-state index in [1.165, 1.54) is 11.1 Å². The lowest BCUT2D eigenvalue weighted by molar-refractivity contribution is 0.584. The van der Waals surface area contributed by atoms with Gasteiger partial charge in [-0.3, -0.25) is 5.41 Å². The van der Waals surface area contributed by atoms with Gasteiger partial charge in [0.1, 0.15) is 0 Å². The molecule has 0 amide bonds. The van der Waals surface area contributed by atoms with Crippen LogP contribution in [0.3, 0.4) is 0 Å². The van der Waals surface area contributed by atoms with E-state index in [0.29, 0.717) is 11.0 Å². The van der Waals surface area contributed by atoms with E-state index in [0.717, 1.165) is 36.3 Å². The van der Waals surface area contributed by atoms with Gasteiger partial charge in [-0.05, 0) is 36.3 Å². The summed E-state index contributed by atoms with van der Waals surface area (Å²) in [7, 11) is 0. The lowest BCUT2D eigenvalue weighted by Crippen LogP contribution is -2.18. The van der Waals surface area contributed by atoms with Crippen LogP contribution in [0.2, 0.25) is 0 Å². The number of thioether (sulfide) groups is 1. The molecule has 0 spiro atoms. The van der Waals surface area contributed by atoms with Gasteiger partial charge in [0.2, 0.25) is 0 Å². The Bertz CT molecular complexity index is 692. The van der Waals surface area contributed by atoms with Crippen LogP contribution in [0, 0.1) is 5.41 Å². The summed E-state index contributed by atoms with van der Waals surface area (Å²) in [5, 5.41) is 9.00. The van der Waals surface area contributed by atoms with E-state index in [4.69, 9.17) is 11.1 Å². The fourth-order valence-corrected chi connectivity index (χ4v) is 3.97. The van der Waals surface area contributed by atoms with Crippen molar-refractivity contribution in [3.63, 3.8) is 0 Å². The second-order valence-corrected chi connectivity index (χ2v) is 6.94. The van der Waals surface area contributed by atoms with Crippen LogP contribution in [0.25, 0.3) is 0 Å². The molecule has 3 heteroatoms. The maximum absolute atomic E-state index is 8.36. The van der Waals surface area contributed by atoms with Gasteiger partial charge in [-0.1, -0.05) is 60.7 Å². The fourth-order valence-electron chi connectivity index (χ4n) is 3.06. The highest BCUT2D eigenvalue weighted by Gasteiger charge is 2.23. The van der Waals surface area contributed by atoms with Gasteiger partial charge in [-0.2, -0.15) is 0 Å². The van der Waals surface area contributed by atoms with Crippen molar-refractivity contribution in [3.8, 4) is 0 Å². The van der Waals surface area contributed by atoms with E-state index >= 15 is 0 Å². The Kier molecular flexibility index (Phi) is 5.19. The average molecular weight is 322 g/mol. The van der Waals surface area contributed by atoms with Crippen molar-refractivity contribution in [3.05, 3.63) is 83.1 Å². The number of hydrogen-bond acceptors (Lipinski definition) is 3. The first kappa shape index (κ1) is 15.9. The van der Waals surface area contributed by atoms with Crippen LogP contribution in [0.15, 0.2) is 71.9 Å². The molecule has 118 valence electrons. The van der Waals surface area contributed by atoms with Crippen molar-refractivity contribution in [2.24, 2.45) is 5.73 Å². The Balaban J connectivity index is 1.63. The van der Waals surface area contributed by atoms with Gasteiger partial charge in [0, 0.05) is 17.0 Å². The maximum atomic E-state index is 8.36. The third kappa shape index (κ3) is 4.05. The van der Waals surface area contributed by atoms with Crippen LogP contribution in [0.1, 0.15) is 36.3 Å². The molecule has 0 fully saturated rings. The SMILES string of the molecule is N=C(SCc1ccccc1)C1=C(N)CC(c2ccccc2)CC1. The number of rotatable bonds is 4. The van der Waals surface area contributed by atoms with E-state index in [-0.39, 0.29) is 0 Å². The summed E-state index contributed by atoms with van der Waals surface area (Å²) in [5.74, 6) is 1.32. The number of benzene rings is 2. The Hall–Kier alpha value is -2.00. The van der Waals surface area contributed by atoms with Crippen molar-refractivity contribution in [1.29, 1.82) is 5.41 Å². The molecule has 1 aliphatic rings. The first-order valence-corrected chi connectivity index (χ1v) is 9.00. The quantitative estimate of drug-likeness (QED) is 0.609. The van der Waals surface area contributed by atoms with E-state index in [9.17, 15) is 0 Å². The standard InChI is InChI=1S/C20H22N2S/c21-19-13-17(16-9-5-2-6-10-16)11-12-18(19)20(22)23-14-15-7-3-1-4-8-15/h1-10,17,22H,11-14,21H2. The molecule has 1 atom stereocenters. The van der Waals surface area contributed by atoms with Crippen LogP contribution in [0.4, 0.5) is 0 Å². The van der Waals surface area contributed by atoms with Crippen LogP contribution >= 0.6 is 11.8 Å². The Labute approximate surface area is 142 Å². The minimum atomic E-state index is 0.492. The zero-order valence-corrected chi connectivity index (χ0v) is 14.0. The first-order chi connectivity index (χ1) is 11.2. The fraction of sp³-hybridized carbons (Fsp3) is 0.250. The van der Waals surface area contributed by atoms with Crippen molar-refractivity contribution < 1.29 is 0 Å². The number of nitrogens with one attached hydrogen (secondary N) is 1. The van der Waals surface area contributed by atoms with Gasteiger partial charge < -0.3 is 5.73 Å². The molecular formula is C20H22N2S. The number of allylic oxidation sites excluding steroid dienone is 1. The second-order valence-electron chi connectivity index (χ2n) is 5.96. The monoisotopic (exact) mass is 322 g/mol. The van der Waals surface area contributed by atoms with Crippen molar-refractivity contribution in [2.75, 3.05) is 0 Å². The summed E-state index contributed by atoms with van der Waals surface area (Å²) in [5.41, 5.74) is 10.9. The number of hydrogen-bond donors (Lipinski definition) is 2. The zero-order chi connectivity index (χ0) is 16.1. The van der Waals surface area contributed by atoms with Crippen molar-refractivity contribution in [2.45, 2.75) is 30.9 Å². The molecule has 2 aromatic rings. The van der Waals surface area contributed by atoms with Gasteiger partial charge in [0.25, 0.3) is 0 Å². The molecule has 3 N–H and O–H groups in total. The summed E-state index contributed by atoms with van der Waals surface area (Å²) in [6, 6.07) is 20.9. The molecule has 1 unspecified atom stereocenters. The molecule has 2 aromatic carbocycles. The van der Waals surface area contributed by atoms with E-state index in [1.807, 2.05) is 24.3 Å². The Morgan fingerprint density at radius 2 is 1.70 bits per heavy atom. The van der Waals surface area contributed by atoms with Gasteiger partial charge in [0.05, 0.1) is 5.04 Å². The molecular weight excluding hydrogens is 300 g/mol. The zero-order valence-electron chi connectivity index (χ0n) is 13.2. The van der Waals surface area contributed by atoms with Crippen LogP contribution in [0.5, 0.6) is 0 Å². The van der Waals surface area contributed by atoms with Crippen LogP contribution < -0.4 is 5.73 Å². The summed E-state index contributed by atoms with van der Waals surface area (Å²) in [4.78, 5) is 0. The molecule has 23 heavy (non-hydrogen) atoms. The van der Waals surface area contributed by atoms with Crippen molar-refractivity contribution >= 4 is 16.8 Å². The van der Waals surface area contributed by atoms with Gasteiger partial charge in [-0.25, -0.2) is 0 Å². The largest absolute Gasteiger partial charge is 0.402 e. The topological polar surface area (TPSA) is 49.9 Å². The summed E-state index contributed by atoms with van der Waals surface area (Å²) >= 11 is 1.58. The minimum absolute atomic E-state index is 0.492. The van der Waals surface area contributed by atoms with Crippen LogP contribution in [-0.4, -0.2) is 5.04 Å². The molecule has 0 saturated heterocycles.